The second-order valence-electron chi connectivity index (χ2n) is 6.34. The van der Waals surface area contributed by atoms with Crippen LogP contribution >= 0.6 is 0 Å². The van der Waals surface area contributed by atoms with Gasteiger partial charge in [0.25, 0.3) is 0 Å². The summed E-state index contributed by atoms with van der Waals surface area (Å²) < 4.78 is 0. The van der Waals surface area contributed by atoms with Crippen LogP contribution in [0.5, 0.6) is 0 Å². The maximum absolute atomic E-state index is 12.2. The number of hydrogen-bond donors (Lipinski definition) is 0. The lowest BCUT2D eigenvalue weighted by Gasteiger charge is -2.36. The normalized spacial score (nSPS) is 22.0. The SMILES string of the molecule is CN(C)CCN1CCN(CC(=O)N2CCC(=O)CC2)CC1. The summed E-state index contributed by atoms with van der Waals surface area (Å²) in [6.07, 6.45) is 1.06. The Kier molecular flexibility index (Phi) is 6.14. The Morgan fingerprint density at radius 2 is 1.57 bits per heavy atom. The molecule has 2 aliphatic rings. The third-order valence-corrected chi connectivity index (χ3v) is 4.36. The molecule has 0 unspecified atom stereocenters. The Labute approximate surface area is 127 Å². The van der Waals surface area contributed by atoms with E-state index in [0.717, 1.165) is 39.3 Å². The summed E-state index contributed by atoms with van der Waals surface area (Å²) in [6.45, 7) is 7.93. The van der Waals surface area contributed by atoms with Crippen LogP contribution in [0.2, 0.25) is 0 Å². The summed E-state index contributed by atoms with van der Waals surface area (Å²) in [4.78, 5) is 32.2. The molecule has 0 aromatic carbocycles. The molecule has 0 N–H and O–H groups in total. The predicted octanol–water partition coefficient (Wildman–Crippen LogP) is -0.643. The third kappa shape index (κ3) is 5.37. The van der Waals surface area contributed by atoms with Crippen molar-refractivity contribution in [2.24, 2.45) is 0 Å². The fourth-order valence-corrected chi connectivity index (χ4v) is 2.81. The minimum atomic E-state index is 0.184. The largest absolute Gasteiger partial charge is 0.341 e. The van der Waals surface area contributed by atoms with Crippen molar-refractivity contribution < 1.29 is 9.59 Å². The number of amides is 1. The van der Waals surface area contributed by atoms with Crippen LogP contribution in [-0.4, -0.2) is 104 Å². The van der Waals surface area contributed by atoms with Gasteiger partial charge in [-0.1, -0.05) is 0 Å². The second kappa shape index (κ2) is 7.87. The van der Waals surface area contributed by atoms with Gasteiger partial charge in [0.1, 0.15) is 5.78 Å². The highest BCUT2D eigenvalue weighted by atomic mass is 16.2. The van der Waals surface area contributed by atoms with E-state index in [1.54, 1.807) is 0 Å². The summed E-state index contributed by atoms with van der Waals surface area (Å²) in [5, 5.41) is 0. The van der Waals surface area contributed by atoms with Crippen molar-refractivity contribution in [1.82, 2.24) is 19.6 Å². The molecule has 2 saturated heterocycles. The van der Waals surface area contributed by atoms with Gasteiger partial charge < -0.3 is 9.80 Å². The Morgan fingerprint density at radius 3 is 2.14 bits per heavy atom. The molecule has 0 aromatic heterocycles. The highest BCUT2D eigenvalue weighted by molar-refractivity contribution is 5.84. The van der Waals surface area contributed by atoms with Crippen LogP contribution in [-0.2, 0) is 9.59 Å². The number of nitrogens with zero attached hydrogens (tertiary/aromatic N) is 4. The number of Topliss-reactive ketones (excluding diaryl/α,β-unsaturated/α-hetero) is 1. The van der Waals surface area contributed by atoms with E-state index in [4.69, 9.17) is 0 Å². The maximum Gasteiger partial charge on any atom is 0.236 e. The van der Waals surface area contributed by atoms with Gasteiger partial charge in [-0.2, -0.15) is 0 Å². The van der Waals surface area contributed by atoms with E-state index in [2.05, 4.69) is 28.8 Å². The number of rotatable bonds is 5. The second-order valence-corrected chi connectivity index (χ2v) is 6.34. The number of likely N-dealkylation sites (tertiary alicyclic amines) is 1. The zero-order valence-electron chi connectivity index (χ0n) is 13.4. The maximum atomic E-state index is 12.2. The molecule has 0 aliphatic carbocycles. The Balaban J connectivity index is 1.66. The van der Waals surface area contributed by atoms with E-state index in [0.29, 0.717) is 32.5 Å². The number of carbonyl (C=O) groups is 2. The van der Waals surface area contributed by atoms with Crippen molar-refractivity contribution in [3.63, 3.8) is 0 Å². The van der Waals surface area contributed by atoms with Gasteiger partial charge in [0.2, 0.25) is 5.91 Å². The van der Waals surface area contributed by atoms with E-state index < -0.39 is 0 Å². The molecular weight excluding hydrogens is 268 g/mol. The monoisotopic (exact) mass is 296 g/mol. The van der Waals surface area contributed by atoms with Gasteiger partial charge in [0.15, 0.2) is 0 Å². The van der Waals surface area contributed by atoms with Crippen LogP contribution in [0.25, 0.3) is 0 Å². The molecule has 1 amide bonds. The van der Waals surface area contributed by atoms with Gasteiger partial charge in [0.05, 0.1) is 6.54 Å². The Hall–Kier alpha value is -0.980. The van der Waals surface area contributed by atoms with E-state index >= 15 is 0 Å². The van der Waals surface area contributed by atoms with Crippen molar-refractivity contribution in [3.8, 4) is 0 Å². The minimum Gasteiger partial charge on any atom is -0.341 e. The first-order chi connectivity index (χ1) is 10.0. The third-order valence-electron chi connectivity index (χ3n) is 4.36. The molecular formula is C15H28N4O2. The molecule has 120 valence electrons. The Bertz CT molecular complexity index is 355. The van der Waals surface area contributed by atoms with Gasteiger partial charge >= 0.3 is 0 Å². The smallest absolute Gasteiger partial charge is 0.236 e. The standard InChI is InChI=1S/C15H28N4O2/c1-16(2)7-8-17-9-11-18(12-10-17)13-15(21)19-5-3-14(20)4-6-19/h3-13H2,1-2H3. The highest BCUT2D eigenvalue weighted by Gasteiger charge is 2.24. The fraction of sp³-hybridized carbons (Fsp3) is 0.867. The van der Waals surface area contributed by atoms with Crippen LogP contribution in [0.3, 0.4) is 0 Å². The fourth-order valence-electron chi connectivity index (χ4n) is 2.81. The average molecular weight is 296 g/mol. The zero-order valence-corrected chi connectivity index (χ0v) is 13.4. The molecule has 6 heteroatoms. The van der Waals surface area contributed by atoms with Crippen LogP contribution in [0.1, 0.15) is 12.8 Å². The van der Waals surface area contributed by atoms with Crippen LogP contribution in [0.15, 0.2) is 0 Å². The number of hydrogen-bond acceptors (Lipinski definition) is 5. The number of carbonyl (C=O) groups excluding carboxylic acids is 2. The first kappa shape index (κ1) is 16.4. The van der Waals surface area contributed by atoms with Crippen molar-refractivity contribution in [2.75, 3.05) is 73.0 Å². The minimum absolute atomic E-state index is 0.184. The summed E-state index contributed by atoms with van der Waals surface area (Å²) in [7, 11) is 4.19. The van der Waals surface area contributed by atoms with E-state index in [-0.39, 0.29) is 11.7 Å². The van der Waals surface area contributed by atoms with Gasteiger partial charge in [0, 0.05) is 65.2 Å². The Morgan fingerprint density at radius 1 is 1.00 bits per heavy atom. The molecule has 21 heavy (non-hydrogen) atoms. The average Bonchev–Trinajstić information content (AvgIpc) is 2.47. The number of piperidine rings is 1. The molecule has 2 fully saturated rings. The van der Waals surface area contributed by atoms with Crippen LogP contribution in [0.4, 0.5) is 0 Å². The molecule has 0 spiro atoms. The predicted molar refractivity (Wildman–Crippen MR) is 82.3 cm³/mol. The zero-order chi connectivity index (χ0) is 15.2. The van der Waals surface area contributed by atoms with Crippen molar-refractivity contribution in [2.45, 2.75) is 12.8 Å². The van der Waals surface area contributed by atoms with Gasteiger partial charge in [-0.3, -0.25) is 19.4 Å². The topological polar surface area (TPSA) is 47.1 Å². The molecule has 0 saturated carbocycles. The molecule has 0 aromatic rings. The lowest BCUT2D eigenvalue weighted by atomic mass is 10.1. The van der Waals surface area contributed by atoms with Gasteiger partial charge in [-0.05, 0) is 14.1 Å². The van der Waals surface area contributed by atoms with Gasteiger partial charge in [-0.15, -0.1) is 0 Å². The van der Waals surface area contributed by atoms with Crippen molar-refractivity contribution in [1.29, 1.82) is 0 Å². The lowest BCUT2D eigenvalue weighted by Crippen LogP contribution is -2.51. The van der Waals surface area contributed by atoms with E-state index in [1.807, 2.05) is 4.90 Å². The quantitative estimate of drug-likeness (QED) is 0.675. The molecule has 0 radical (unpaired) electrons. The van der Waals surface area contributed by atoms with Crippen LogP contribution in [0, 0.1) is 0 Å². The van der Waals surface area contributed by atoms with Crippen molar-refractivity contribution in [3.05, 3.63) is 0 Å². The molecule has 0 atom stereocenters. The summed E-state index contributed by atoms with van der Waals surface area (Å²) >= 11 is 0. The van der Waals surface area contributed by atoms with E-state index in [1.165, 1.54) is 0 Å². The number of piperazine rings is 1. The van der Waals surface area contributed by atoms with Gasteiger partial charge in [-0.25, -0.2) is 0 Å². The first-order valence-electron chi connectivity index (χ1n) is 7.93. The van der Waals surface area contributed by atoms with E-state index in [9.17, 15) is 9.59 Å². The number of ketones is 1. The first-order valence-corrected chi connectivity index (χ1v) is 7.93. The molecule has 2 aliphatic heterocycles. The summed E-state index contributed by atoms with van der Waals surface area (Å²) in [5.74, 6) is 0.470. The van der Waals surface area contributed by atoms with Crippen molar-refractivity contribution >= 4 is 11.7 Å². The molecule has 6 nitrogen and oxygen atoms in total. The lowest BCUT2D eigenvalue weighted by molar-refractivity contribution is -0.135. The number of likely N-dealkylation sites (N-methyl/N-ethyl adjacent to an activating group) is 1. The van der Waals surface area contributed by atoms with Crippen LogP contribution < -0.4 is 0 Å². The highest BCUT2D eigenvalue weighted by Crippen LogP contribution is 2.08. The summed E-state index contributed by atoms with van der Waals surface area (Å²) in [6, 6.07) is 0. The molecule has 0 bridgehead atoms. The molecule has 2 heterocycles. The molecule has 2 rings (SSSR count). The summed E-state index contributed by atoms with van der Waals surface area (Å²) in [5.41, 5.74) is 0.